The monoisotopic (exact) mass is 378 g/mol. The normalized spacial score (nSPS) is 10.2. The molecule has 5 nitrogen and oxygen atoms in total. The molecule has 0 radical (unpaired) electrons. The van der Waals surface area contributed by atoms with Crippen molar-refractivity contribution in [3.63, 3.8) is 0 Å². The van der Waals surface area contributed by atoms with Gasteiger partial charge in [-0.25, -0.2) is 9.59 Å². The number of hydrogen-bond acceptors (Lipinski definition) is 3. The molecule has 136 valence electrons. The summed E-state index contributed by atoms with van der Waals surface area (Å²) in [5.74, 6) is -1.76. The van der Waals surface area contributed by atoms with Crippen molar-refractivity contribution in [3.05, 3.63) is 71.8 Å². The van der Waals surface area contributed by atoms with Gasteiger partial charge in [-0.05, 0) is 43.9 Å². The molecule has 0 aliphatic heterocycles. The first-order valence-corrected chi connectivity index (χ1v) is 13.3. The highest BCUT2D eigenvalue weighted by Gasteiger charge is 2.10. The molecule has 0 saturated heterocycles. The smallest absolute Gasteiger partial charge is 0.335 e. The van der Waals surface area contributed by atoms with Gasteiger partial charge in [0, 0.05) is 0 Å². The number of carboxylic acids is 2. The number of rotatable bonds is 4. The molecule has 0 atom stereocenters. The van der Waals surface area contributed by atoms with Crippen LogP contribution >= 0.6 is 0 Å². The van der Waals surface area contributed by atoms with Crippen LogP contribution in [-0.2, 0) is 4.12 Å². The van der Waals surface area contributed by atoms with Gasteiger partial charge in [-0.2, -0.15) is 0 Å². The molecule has 0 bridgehead atoms. The van der Waals surface area contributed by atoms with E-state index >= 15 is 0 Å². The standard InChI is InChI=1S/2C7H6O2.C4H14OSi2/c2*8-7(9)6-4-2-1-3-5-6;1-6-5-7(2,3)4/h2*1-5H,(H,8,9);6H2,1-4H3. The average Bonchev–Trinajstić information content (AvgIpc) is 2.56. The van der Waals surface area contributed by atoms with Gasteiger partial charge in [-0.1, -0.05) is 42.9 Å². The van der Waals surface area contributed by atoms with Crippen LogP contribution in [0, 0.1) is 0 Å². The third-order valence-corrected chi connectivity index (χ3v) is 7.24. The Morgan fingerprint density at radius 1 is 0.800 bits per heavy atom. The van der Waals surface area contributed by atoms with Crippen molar-refractivity contribution in [2.24, 2.45) is 0 Å². The summed E-state index contributed by atoms with van der Waals surface area (Å²) < 4.78 is 5.51. The number of carbonyl (C=O) groups is 2. The zero-order valence-electron chi connectivity index (χ0n) is 15.1. The molecule has 2 rings (SSSR count). The van der Waals surface area contributed by atoms with Crippen molar-refractivity contribution in [2.75, 3.05) is 0 Å². The number of aromatic carboxylic acids is 2. The summed E-state index contributed by atoms with van der Waals surface area (Å²) in [5, 5.41) is 16.8. The highest BCUT2D eigenvalue weighted by molar-refractivity contribution is 6.73. The van der Waals surface area contributed by atoms with Crippen molar-refractivity contribution in [1.29, 1.82) is 0 Å². The van der Waals surface area contributed by atoms with Gasteiger partial charge in [0.15, 0.2) is 8.32 Å². The van der Waals surface area contributed by atoms with E-state index in [-0.39, 0.29) is 9.76 Å². The van der Waals surface area contributed by atoms with Crippen molar-refractivity contribution in [1.82, 2.24) is 0 Å². The minimum absolute atomic E-state index is 0.128. The highest BCUT2D eigenvalue weighted by Crippen LogP contribution is 1.99. The second-order valence-electron chi connectivity index (χ2n) is 5.89. The fourth-order valence-electron chi connectivity index (χ4n) is 1.59. The van der Waals surface area contributed by atoms with Crippen molar-refractivity contribution < 1.29 is 23.9 Å². The summed E-state index contributed by atoms with van der Waals surface area (Å²) in [5.41, 5.74) is 0.662. The third kappa shape index (κ3) is 12.8. The lowest BCUT2D eigenvalue weighted by atomic mass is 10.2. The lowest BCUT2D eigenvalue weighted by molar-refractivity contribution is 0.0686. The molecule has 2 N–H and O–H groups in total. The summed E-state index contributed by atoms with van der Waals surface area (Å²) >= 11 is 0. The second kappa shape index (κ2) is 12.2. The zero-order valence-corrected chi connectivity index (χ0v) is 17.5. The van der Waals surface area contributed by atoms with Crippen LogP contribution in [-0.4, -0.2) is 40.2 Å². The Bertz CT molecular complexity index is 575. The Hall–Kier alpha value is -2.23. The molecule has 0 heterocycles. The van der Waals surface area contributed by atoms with E-state index in [1.165, 1.54) is 0 Å². The van der Waals surface area contributed by atoms with E-state index in [1.54, 1.807) is 60.7 Å². The molecule has 0 aliphatic carbocycles. The van der Waals surface area contributed by atoms with E-state index in [0.29, 0.717) is 11.1 Å². The molecule has 0 saturated carbocycles. The molecule has 2 aromatic rings. The lowest BCUT2D eigenvalue weighted by Crippen LogP contribution is -2.26. The summed E-state index contributed by atoms with van der Waals surface area (Å²) in [6.07, 6.45) is 0. The predicted molar refractivity (Wildman–Crippen MR) is 106 cm³/mol. The van der Waals surface area contributed by atoms with E-state index in [1.807, 2.05) is 0 Å². The van der Waals surface area contributed by atoms with Gasteiger partial charge in [-0.3, -0.25) is 0 Å². The summed E-state index contributed by atoms with van der Waals surface area (Å²) in [6.45, 7) is 8.86. The minimum Gasteiger partial charge on any atom is -0.478 e. The third-order valence-electron chi connectivity index (χ3n) is 2.62. The predicted octanol–water partition coefficient (Wildman–Crippen LogP) is 3.74. The molecule has 25 heavy (non-hydrogen) atoms. The van der Waals surface area contributed by atoms with Gasteiger partial charge in [0.1, 0.15) is 9.76 Å². The van der Waals surface area contributed by atoms with Gasteiger partial charge in [0.05, 0.1) is 11.1 Å². The van der Waals surface area contributed by atoms with E-state index in [0.717, 1.165) is 0 Å². The minimum atomic E-state index is -1.10. The summed E-state index contributed by atoms with van der Waals surface area (Å²) in [6, 6.07) is 16.6. The summed E-state index contributed by atoms with van der Waals surface area (Å²) in [4.78, 5) is 20.4. The molecule has 2 aromatic carbocycles. The molecule has 0 aromatic heterocycles. The first-order valence-electron chi connectivity index (χ1n) is 7.88. The van der Waals surface area contributed by atoms with Gasteiger partial charge in [-0.15, -0.1) is 0 Å². The van der Waals surface area contributed by atoms with E-state index in [9.17, 15) is 9.59 Å². The van der Waals surface area contributed by atoms with Crippen molar-refractivity contribution in [2.45, 2.75) is 26.2 Å². The van der Waals surface area contributed by atoms with Crippen molar-refractivity contribution in [3.8, 4) is 0 Å². The molecule has 7 heteroatoms. The van der Waals surface area contributed by atoms with Crippen molar-refractivity contribution >= 4 is 30.0 Å². The maximum absolute atomic E-state index is 10.2. The maximum Gasteiger partial charge on any atom is 0.335 e. The van der Waals surface area contributed by atoms with Crippen LogP contribution in [0.4, 0.5) is 0 Å². The van der Waals surface area contributed by atoms with Crippen LogP contribution in [0.3, 0.4) is 0 Å². The highest BCUT2D eigenvalue weighted by atomic mass is 28.4. The zero-order chi connectivity index (χ0) is 19.3. The van der Waals surface area contributed by atoms with Crippen LogP contribution in [0.25, 0.3) is 0 Å². The maximum atomic E-state index is 10.2. The molecule has 0 fully saturated rings. The molecular formula is C18H26O5Si2. The largest absolute Gasteiger partial charge is 0.478 e. The van der Waals surface area contributed by atoms with Crippen LogP contribution < -0.4 is 0 Å². The van der Waals surface area contributed by atoms with Gasteiger partial charge >= 0.3 is 11.9 Å². The Morgan fingerprint density at radius 3 is 1.24 bits per heavy atom. The van der Waals surface area contributed by atoms with Gasteiger partial charge in [0.2, 0.25) is 0 Å². The number of carboxylic acid groups (broad SMARTS) is 2. The quantitative estimate of drug-likeness (QED) is 0.792. The van der Waals surface area contributed by atoms with Crippen LogP contribution in [0.1, 0.15) is 20.7 Å². The molecular weight excluding hydrogens is 352 g/mol. The van der Waals surface area contributed by atoms with Crippen LogP contribution in [0.15, 0.2) is 60.7 Å². The van der Waals surface area contributed by atoms with Crippen LogP contribution in [0.5, 0.6) is 0 Å². The topological polar surface area (TPSA) is 83.8 Å². The summed E-state index contributed by atoms with van der Waals surface area (Å²) in [7, 11) is -1.22. The molecule has 0 amide bonds. The molecule has 0 unspecified atom stereocenters. The molecule has 0 aliphatic rings. The SMILES string of the molecule is C[SiH2]O[Si](C)(C)C.O=C(O)c1ccccc1.O=C(O)c1ccccc1. The fraction of sp³-hybridized carbons (Fsp3) is 0.222. The first kappa shape index (κ1) is 22.8. The van der Waals surface area contributed by atoms with E-state index in [2.05, 4.69) is 26.2 Å². The number of benzene rings is 2. The van der Waals surface area contributed by atoms with Crippen LogP contribution in [0.2, 0.25) is 26.2 Å². The second-order valence-corrected chi connectivity index (χ2v) is 11.8. The van der Waals surface area contributed by atoms with Gasteiger partial charge < -0.3 is 14.3 Å². The van der Waals surface area contributed by atoms with Gasteiger partial charge in [0.25, 0.3) is 0 Å². The Morgan fingerprint density at radius 2 is 1.12 bits per heavy atom. The Labute approximate surface area is 152 Å². The van der Waals surface area contributed by atoms with E-state index in [4.69, 9.17) is 14.3 Å². The number of hydrogen-bond donors (Lipinski definition) is 2. The Balaban J connectivity index is 0.000000350. The first-order chi connectivity index (χ1) is 11.7. The average molecular weight is 379 g/mol. The van der Waals surface area contributed by atoms with E-state index < -0.39 is 20.3 Å². The molecule has 0 spiro atoms. The lowest BCUT2D eigenvalue weighted by Gasteiger charge is -2.14. The Kier molecular flexibility index (Phi) is 11.1. The fourth-order valence-corrected chi connectivity index (χ4v) is 5.06.